The number of alkyl halides is 3. The first-order valence-corrected chi connectivity index (χ1v) is 8.73. The third-order valence-electron chi connectivity index (χ3n) is 3.90. The van der Waals surface area contributed by atoms with Crippen LogP contribution in [-0.2, 0) is 24.1 Å². The molecule has 1 aliphatic rings. The summed E-state index contributed by atoms with van der Waals surface area (Å²) in [4.78, 5) is 12.0. The van der Waals surface area contributed by atoms with Gasteiger partial charge in [-0.15, -0.1) is 0 Å². The second-order valence-corrected chi connectivity index (χ2v) is 6.74. The standard InChI is InChI=1S/C15H17BrF3N5O/c16-12-13(10-3-4-10)24(22-14(12)15(17,18)19)9-11(25)20-5-1-7-23-8-2-6-21-23/h2,6,8,10H,1,3-5,7,9H2,(H,20,25). The minimum Gasteiger partial charge on any atom is -0.354 e. The van der Waals surface area contributed by atoms with Gasteiger partial charge in [0.25, 0.3) is 0 Å². The van der Waals surface area contributed by atoms with Crippen molar-refractivity contribution in [1.29, 1.82) is 0 Å². The van der Waals surface area contributed by atoms with Gasteiger partial charge in [0.05, 0.1) is 10.2 Å². The van der Waals surface area contributed by atoms with Gasteiger partial charge in [-0.2, -0.15) is 23.4 Å². The molecule has 0 saturated heterocycles. The topological polar surface area (TPSA) is 64.7 Å². The van der Waals surface area contributed by atoms with Crippen molar-refractivity contribution in [2.45, 2.75) is 44.4 Å². The van der Waals surface area contributed by atoms with Crippen LogP contribution in [0, 0.1) is 0 Å². The Balaban J connectivity index is 1.59. The molecule has 0 atom stereocenters. The van der Waals surface area contributed by atoms with Crippen molar-refractivity contribution in [3.8, 4) is 0 Å². The van der Waals surface area contributed by atoms with Gasteiger partial charge in [0, 0.05) is 31.4 Å². The first-order chi connectivity index (χ1) is 11.9. The average molecular weight is 420 g/mol. The SMILES string of the molecule is O=C(Cn1nc(C(F)(F)F)c(Br)c1C1CC1)NCCCn1cccn1. The van der Waals surface area contributed by atoms with E-state index in [1.165, 1.54) is 4.68 Å². The van der Waals surface area contributed by atoms with Crippen LogP contribution in [0.5, 0.6) is 0 Å². The summed E-state index contributed by atoms with van der Waals surface area (Å²) in [5.74, 6) is -0.323. The van der Waals surface area contributed by atoms with Gasteiger partial charge in [-0.3, -0.25) is 14.2 Å². The van der Waals surface area contributed by atoms with E-state index in [1.54, 1.807) is 10.9 Å². The number of hydrogen-bond acceptors (Lipinski definition) is 3. The highest BCUT2D eigenvalue weighted by Crippen LogP contribution is 2.46. The summed E-state index contributed by atoms with van der Waals surface area (Å²) in [6.45, 7) is 0.862. The van der Waals surface area contributed by atoms with Crippen molar-refractivity contribution < 1.29 is 18.0 Å². The summed E-state index contributed by atoms with van der Waals surface area (Å²) in [6.07, 6.45) is 1.25. The highest BCUT2D eigenvalue weighted by atomic mass is 79.9. The van der Waals surface area contributed by atoms with Gasteiger partial charge in [0.1, 0.15) is 6.54 Å². The zero-order valence-electron chi connectivity index (χ0n) is 13.3. The molecule has 0 radical (unpaired) electrons. The lowest BCUT2D eigenvalue weighted by Crippen LogP contribution is -2.30. The van der Waals surface area contributed by atoms with Crippen LogP contribution in [0.3, 0.4) is 0 Å². The van der Waals surface area contributed by atoms with Crippen LogP contribution in [0.25, 0.3) is 0 Å². The summed E-state index contributed by atoms with van der Waals surface area (Å²) in [5.41, 5.74) is -0.514. The second-order valence-electron chi connectivity index (χ2n) is 5.95. The predicted molar refractivity (Wildman–Crippen MR) is 86.8 cm³/mol. The quantitative estimate of drug-likeness (QED) is 0.701. The fourth-order valence-electron chi connectivity index (χ4n) is 2.59. The number of amides is 1. The van der Waals surface area contributed by atoms with Gasteiger partial charge >= 0.3 is 6.18 Å². The molecule has 0 unspecified atom stereocenters. The Labute approximate surface area is 150 Å². The minimum atomic E-state index is -4.55. The molecule has 2 heterocycles. The maximum Gasteiger partial charge on any atom is 0.436 e. The van der Waals surface area contributed by atoms with Crippen molar-refractivity contribution in [3.05, 3.63) is 34.3 Å². The Bertz CT molecular complexity index is 737. The molecule has 3 rings (SSSR count). The molecule has 0 aliphatic heterocycles. The Hall–Kier alpha value is -1.84. The maximum absolute atomic E-state index is 13.0. The fraction of sp³-hybridized carbons (Fsp3) is 0.533. The van der Waals surface area contributed by atoms with Crippen LogP contribution in [0.2, 0.25) is 0 Å². The third kappa shape index (κ3) is 4.42. The van der Waals surface area contributed by atoms with E-state index in [2.05, 4.69) is 31.4 Å². The monoisotopic (exact) mass is 419 g/mol. The summed E-state index contributed by atoms with van der Waals surface area (Å²) in [5, 5.41) is 10.4. The molecule has 1 saturated carbocycles. The number of carbonyl (C=O) groups excluding carboxylic acids is 1. The van der Waals surface area contributed by atoms with Gasteiger partial charge in [-0.25, -0.2) is 0 Å². The molecule has 0 bridgehead atoms. The van der Waals surface area contributed by atoms with E-state index in [4.69, 9.17) is 0 Å². The maximum atomic E-state index is 13.0. The molecule has 1 fully saturated rings. The molecule has 0 aromatic carbocycles. The Morgan fingerprint density at radius 3 is 2.76 bits per heavy atom. The second kappa shape index (κ2) is 7.19. The number of nitrogens with zero attached hydrogens (tertiary/aromatic N) is 4. The van der Waals surface area contributed by atoms with Crippen LogP contribution in [0.15, 0.2) is 22.9 Å². The van der Waals surface area contributed by atoms with Crippen LogP contribution >= 0.6 is 15.9 Å². The fourth-order valence-corrected chi connectivity index (χ4v) is 3.43. The van der Waals surface area contributed by atoms with E-state index in [9.17, 15) is 18.0 Å². The molecule has 1 N–H and O–H groups in total. The van der Waals surface area contributed by atoms with Crippen LogP contribution in [0.4, 0.5) is 13.2 Å². The first kappa shape index (κ1) is 18.0. The molecule has 136 valence electrons. The molecule has 0 spiro atoms. The zero-order valence-corrected chi connectivity index (χ0v) is 14.8. The van der Waals surface area contributed by atoms with E-state index < -0.39 is 11.9 Å². The lowest BCUT2D eigenvalue weighted by atomic mass is 10.2. The molecule has 2 aromatic rings. The number of aromatic nitrogens is 4. The highest BCUT2D eigenvalue weighted by molar-refractivity contribution is 9.10. The largest absolute Gasteiger partial charge is 0.436 e. The predicted octanol–water partition coefficient (Wildman–Crippen LogP) is 2.94. The number of aryl methyl sites for hydroxylation is 1. The molecule has 1 aliphatic carbocycles. The van der Waals surface area contributed by atoms with Gasteiger partial charge in [-0.1, -0.05) is 0 Å². The Morgan fingerprint density at radius 2 is 2.16 bits per heavy atom. The summed E-state index contributed by atoms with van der Waals surface area (Å²) in [7, 11) is 0. The van der Waals surface area contributed by atoms with Crippen molar-refractivity contribution in [2.24, 2.45) is 0 Å². The van der Waals surface area contributed by atoms with Gasteiger partial charge < -0.3 is 5.32 Å². The average Bonchev–Trinajstić information content (AvgIpc) is 3.11. The third-order valence-corrected chi connectivity index (χ3v) is 4.68. The molecule has 1 amide bonds. The number of hydrogen-bond donors (Lipinski definition) is 1. The van der Waals surface area contributed by atoms with Crippen molar-refractivity contribution in [3.63, 3.8) is 0 Å². The van der Waals surface area contributed by atoms with Crippen LogP contribution in [-0.4, -0.2) is 32.0 Å². The van der Waals surface area contributed by atoms with Crippen molar-refractivity contribution in [1.82, 2.24) is 24.9 Å². The lowest BCUT2D eigenvalue weighted by molar-refractivity contribution is -0.142. The smallest absolute Gasteiger partial charge is 0.354 e. The Morgan fingerprint density at radius 1 is 1.40 bits per heavy atom. The summed E-state index contributed by atoms with van der Waals surface area (Å²) >= 11 is 3.01. The van der Waals surface area contributed by atoms with E-state index in [0.717, 1.165) is 12.8 Å². The van der Waals surface area contributed by atoms with Gasteiger partial charge in [0.15, 0.2) is 5.69 Å². The molecular formula is C15H17BrF3N5O. The first-order valence-electron chi connectivity index (χ1n) is 7.94. The van der Waals surface area contributed by atoms with E-state index in [-0.39, 0.29) is 22.8 Å². The zero-order chi connectivity index (χ0) is 18.0. The van der Waals surface area contributed by atoms with Crippen molar-refractivity contribution >= 4 is 21.8 Å². The van der Waals surface area contributed by atoms with Gasteiger partial charge in [0.2, 0.25) is 5.91 Å². The van der Waals surface area contributed by atoms with Crippen molar-refractivity contribution in [2.75, 3.05) is 6.54 Å². The van der Waals surface area contributed by atoms with Crippen LogP contribution in [0.1, 0.15) is 36.6 Å². The van der Waals surface area contributed by atoms with E-state index in [0.29, 0.717) is 25.2 Å². The summed E-state index contributed by atoms with van der Waals surface area (Å²) in [6, 6.07) is 1.81. The minimum absolute atomic E-state index is 0.0330. The normalized spacial score (nSPS) is 14.7. The van der Waals surface area contributed by atoms with Gasteiger partial charge in [-0.05, 0) is 41.3 Å². The molecule has 10 heteroatoms. The number of nitrogens with one attached hydrogen (secondary N) is 1. The van der Waals surface area contributed by atoms with Crippen LogP contribution < -0.4 is 5.32 Å². The Kier molecular flexibility index (Phi) is 5.16. The molecule has 2 aromatic heterocycles. The molecular weight excluding hydrogens is 403 g/mol. The van der Waals surface area contributed by atoms with E-state index in [1.807, 2.05) is 12.3 Å². The highest BCUT2D eigenvalue weighted by Gasteiger charge is 2.41. The number of rotatable bonds is 7. The molecule has 6 nitrogen and oxygen atoms in total. The number of halogens is 4. The number of carbonyl (C=O) groups is 1. The van der Waals surface area contributed by atoms with E-state index >= 15 is 0 Å². The summed E-state index contributed by atoms with van der Waals surface area (Å²) < 4.78 is 42.0. The molecule has 25 heavy (non-hydrogen) atoms. The lowest BCUT2D eigenvalue weighted by Gasteiger charge is -2.08.